The molecule has 0 saturated heterocycles. The van der Waals surface area contributed by atoms with Gasteiger partial charge in [0.15, 0.2) is 0 Å². The summed E-state index contributed by atoms with van der Waals surface area (Å²) in [5.41, 5.74) is 12.8. The number of rotatable bonds is 6. The maximum atomic E-state index is 11.4. The number of benzene rings is 1. The van der Waals surface area contributed by atoms with Crippen molar-refractivity contribution in [2.45, 2.75) is 13.5 Å². The van der Waals surface area contributed by atoms with E-state index >= 15 is 0 Å². The fourth-order valence-electron chi connectivity index (χ4n) is 1.74. The number of carbonyl (C=O) groups excluding carboxylic acids is 2. The number of hydrogen-bond acceptors (Lipinski definition) is 4. The van der Waals surface area contributed by atoms with Gasteiger partial charge in [-0.15, -0.1) is 0 Å². The Morgan fingerprint density at radius 1 is 1.37 bits per heavy atom. The predicted molar refractivity (Wildman–Crippen MR) is 74.4 cm³/mol. The van der Waals surface area contributed by atoms with Gasteiger partial charge in [-0.3, -0.25) is 14.5 Å². The molecule has 0 spiro atoms. The molecule has 19 heavy (non-hydrogen) atoms. The van der Waals surface area contributed by atoms with Crippen molar-refractivity contribution < 1.29 is 9.59 Å². The average Bonchev–Trinajstić information content (AvgIpc) is 2.31. The maximum absolute atomic E-state index is 11.4. The van der Waals surface area contributed by atoms with E-state index in [0.717, 1.165) is 5.56 Å². The zero-order chi connectivity index (χ0) is 14.4. The van der Waals surface area contributed by atoms with Crippen LogP contribution in [0.15, 0.2) is 18.2 Å². The lowest BCUT2D eigenvalue weighted by Gasteiger charge is -2.17. The standard InChI is InChI=1S/C13H20N4O2/c1-3-16-12(18)8-17(2)7-10-5-4-9(13(15)19)6-11(10)14/h4-6H,3,7-8,14H2,1-2H3,(H2,15,19)(H,16,18). The fraction of sp³-hybridized carbons (Fsp3) is 0.385. The van der Waals surface area contributed by atoms with Gasteiger partial charge in [-0.05, 0) is 31.7 Å². The molecule has 1 rings (SSSR count). The third-order valence-electron chi connectivity index (χ3n) is 2.66. The first-order chi connectivity index (χ1) is 8.93. The Labute approximate surface area is 112 Å². The van der Waals surface area contributed by atoms with Gasteiger partial charge >= 0.3 is 0 Å². The van der Waals surface area contributed by atoms with Crippen LogP contribution in [-0.2, 0) is 11.3 Å². The Morgan fingerprint density at radius 3 is 2.58 bits per heavy atom. The van der Waals surface area contributed by atoms with Crippen LogP contribution in [0.4, 0.5) is 5.69 Å². The Morgan fingerprint density at radius 2 is 2.05 bits per heavy atom. The van der Waals surface area contributed by atoms with Crippen LogP contribution in [0.2, 0.25) is 0 Å². The smallest absolute Gasteiger partial charge is 0.248 e. The molecule has 1 aromatic carbocycles. The second-order valence-corrected chi connectivity index (χ2v) is 4.40. The molecule has 2 amide bonds. The number of likely N-dealkylation sites (N-methyl/N-ethyl adjacent to an activating group) is 2. The minimum atomic E-state index is -0.506. The van der Waals surface area contributed by atoms with Crippen LogP contribution in [0.5, 0.6) is 0 Å². The van der Waals surface area contributed by atoms with E-state index in [4.69, 9.17) is 11.5 Å². The predicted octanol–water partition coefficient (Wildman–Crippen LogP) is -0.0644. The van der Waals surface area contributed by atoms with Crippen LogP contribution >= 0.6 is 0 Å². The SMILES string of the molecule is CCNC(=O)CN(C)Cc1ccc(C(N)=O)cc1N. The molecule has 0 aliphatic rings. The van der Waals surface area contributed by atoms with E-state index in [1.54, 1.807) is 18.2 Å². The number of nitrogens with one attached hydrogen (secondary N) is 1. The number of nitrogens with two attached hydrogens (primary N) is 2. The molecule has 0 aliphatic heterocycles. The Balaban J connectivity index is 2.66. The first-order valence-electron chi connectivity index (χ1n) is 6.07. The summed E-state index contributed by atoms with van der Waals surface area (Å²) in [7, 11) is 1.83. The summed E-state index contributed by atoms with van der Waals surface area (Å²) in [6, 6.07) is 4.94. The molecule has 5 N–H and O–H groups in total. The van der Waals surface area contributed by atoms with Crippen LogP contribution in [0.25, 0.3) is 0 Å². The summed E-state index contributed by atoms with van der Waals surface area (Å²) in [5, 5.41) is 2.73. The molecule has 1 aromatic rings. The molecule has 0 bridgehead atoms. The molecular formula is C13H20N4O2. The number of amides is 2. The molecule has 0 atom stereocenters. The van der Waals surface area contributed by atoms with Crippen LogP contribution < -0.4 is 16.8 Å². The van der Waals surface area contributed by atoms with Gasteiger partial charge in [0.05, 0.1) is 6.54 Å². The van der Waals surface area contributed by atoms with Crippen molar-refractivity contribution >= 4 is 17.5 Å². The molecule has 0 unspecified atom stereocenters. The molecule has 0 radical (unpaired) electrons. The first kappa shape index (κ1) is 15.0. The molecule has 104 valence electrons. The van der Waals surface area contributed by atoms with Crippen molar-refractivity contribution in [1.29, 1.82) is 0 Å². The lowest BCUT2D eigenvalue weighted by atomic mass is 10.1. The number of nitrogens with zero attached hydrogens (tertiary/aromatic N) is 1. The van der Waals surface area contributed by atoms with Crippen LogP contribution in [0.3, 0.4) is 0 Å². The minimum absolute atomic E-state index is 0.0303. The summed E-state index contributed by atoms with van der Waals surface area (Å²) in [5.74, 6) is -0.536. The van der Waals surface area contributed by atoms with Crippen molar-refractivity contribution in [2.24, 2.45) is 5.73 Å². The summed E-state index contributed by atoms with van der Waals surface area (Å²) in [6.45, 7) is 3.31. The first-order valence-corrected chi connectivity index (χ1v) is 6.07. The van der Waals surface area contributed by atoms with Crippen molar-refractivity contribution in [2.75, 3.05) is 25.9 Å². The number of primary amides is 1. The van der Waals surface area contributed by atoms with Crippen molar-refractivity contribution in [1.82, 2.24) is 10.2 Å². The van der Waals surface area contributed by atoms with Crippen LogP contribution in [-0.4, -0.2) is 36.9 Å². The zero-order valence-electron chi connectivity index (χ0n) is 11.3. The van der Waals surface area contributed by atoms with E-state index in [-0.39, 0.29) is 5.91 Å². The molecule has 6 nitrogen and oxygen atoms in total. The lowest BCUT2D eigenvalue weighted by Crippen LogP contribution is -2.34. The Bertz CT molecular complexity index is 474. The van der Waals surface area contributed by atoms with Gasteiger partial charge in [0, 0.05) is 24.3 Å². The number of anilines is 1. The van der Waals surface area contributed by atoms with E-state index in [1.807, 2.05) is 18.9 Å². The molecule has 0 heterocycles. The Hall–Kier alpha value is -2.08. The third-order valence-corrected chi connectivity index (χ3v) is 2.66. The van der Waals surface area contributed by atoms with E-state index in [0.29, 0.717) is 30.9 Å². The van der Waals surface area contributed by atoms with Gasteiger partial charge in [0.2, 0.25) is 11.8 Å². The zero-order valence-corrected chi connectivity index (χ0v) is 11.3. The summed E-state index contributed by atoms with van der Waals surface area (Å²) < 4.78 is 0. The van der Waals surface area contributed by atoms with Crippen molar-refractivity contribution in [3.05, 3.63) is 29.3 Å². The summed E-state index contributed by atoms with van der Waals surface area (Å²) in [6.07, 6.45) is 0. The molecule has 0 aromatic heterocycles. The van der Waals surface area contributed by atoms with Crippen molar-refractivity contribution in [3.63, 3.8) is 0 Å². The van der Waals surface area contributed by atoms with E-state index in [9.17, 15) is 9.59 Å². The topological polar surface area (TPSA) is 101 Å². The van der Waals surface area contributed by atoms with Gasteiger partial charge in [-0.25, -0.2) is 0 Å². The van der Waals surface area contributed by atoms with Gasteiger partial charge in [0.25, 0.3) is 0 Å². The molecule has 0 aliphatic carbocycles. The van der Waals surface area contributed by atoms with Crippen LogP contribution in [0, 0.1) is 0 Å². The summed E-state index contributed by atoms with van der Waals surface area (Å²) >= 11 is 0. The van der Waals surface area contributed by atoms with E-state index in [2.05, 4.69) is 5.32 Å². The number of carbonyl (C=O) groups is 2. The van der Waals surface area contributed by atoms with Gasteiger partial charge in [-0.2, -0.15) is 0 Å². The lowest BCUT2D eigenvalue weighted by molar-refractivity contribution is -0.121. The van der Waals surface area contributed by atoms with Gasteiger partial charge in [0.1, 0.15) is 0 Å². The van der Waals surface area contributed by atoms with Crippen molar-refractivity contribution in [3.8, 4) is 0 Å². The third kappa shape index (κ3) is 4.59. The molecular weight excluding hydrogens is 244 g/mol. The monoisotopic (exact) mass is 264 g/mol. The fourth-order valence-corrected chi connectivity index (χ4v) is 1.74. The van der Waals surface area contributed by atoms with E-state index < -0.39 is 5.91 Å². The molecule has 0 saturated carbocycles. The second-order valence-electron chi connectivity index (χ2n) is 4.40. The summed E-state index contributed by atoms with van der Waals surface area (Å²) in [4.78, 5) is 24.3. The average molecular weight is 264 g/mol. The molecule has 0 fully saturated rings. The molecule has 6 heteroatoms. The van der Waals surface area contributed by atoms with Gasteiger partial charge < -0.3 is 16.8 Å². The highest BCUT2D eigenvalue weighted by Gasteiger charge is 2.09. The number of nitrogen functional groups attached to an aromatic ring is 1. The maximum Gasteiger partial charge on any atom is 0.248 e. The Kier molecular flexibility index (Phi) is 5.32. The quantitative estimate of drug-likeness (QED) is 0.626. The number of hydrogen-bond donors (Lipinski definition) is 3. The minimum Gasteiger partial charge on any atom is -0.398 e. The highest BCUT2D eigenvalue weighted by Crippen LogP contribution is 2.15. The highest BCUT2D eigenvalue weighted by atomic mass is 16.2. The van der Waals surface area contributed by atoms with E-state index in [1.165, 1.54) is 0 Å². The normalized spacial score (nSPS) is 10.5. The second kappa shape index (κ2) is 6.75. The highest BCUT2D eigenvalue weighted by molar-refractivity contribution is 5.93. The van der Waals surface area contributed by atoms with Crippen LogP contribution in [0.1, 0.15) is 22.8 Å². The van der Waals surface area contributed by atoms with Gasteiger partial charge in [-0.1, -0.05) is 6.07 Å². The largest absolute Gasteiger partial charge is 0.398 e.